The summed E-state index contributed by atoms with van der Waals surface area (Å²) in [5.41, 5.74) is 7.55. The molecule has 0 N–H and O–H groups in total. The minimum absolute atomic E-state index is 0. The molecule has 0 saturated carbocycles. The van der Waals surface area contributed by atoms with Gasteiger partial charge in [-0.15, -0.1) is 28.6 Å². The Hall–Kier alpha value is -7.53. The molecule has 0 fully saturated rings. The van der Waals surface area contributed by atoms with Crippen LogP contribution in [0.5, 0.6) is 0 Å². The van der Waals surface area contributed by atoms with Crippen LogP contribution in [0.15, 0.2) is 191 Å². The molecule has 0 spiro atoms. The zero-order valence-electron chi connectivity index (χ0n) is 44.3. The molecule has 10 bridgehead atoms. The van der Waals surface area contributed by atoms with Gasteiger partial charge in [-0.25, -0.2) is 4.98 Å². The largest absolute Gasteiger partial charge is 0.510 e. The van der Waals surface area contributed by atoms with E-state index in [0.29, 0.717) is 60.8 Å². The van der Waals surface area contributed by atoms with Crippen LogP contribution in [0.25, 0.3) is 105 Å². The molecule has 5 aromatic heterocycles. The van der Waals surface area contributed by atoms with Crippen LogP contribution in [0.2, 0.25) is 0 Å². The van der Waals surface area contributed by atoms with Gasteiger partial charge in [-0.3, -0.25) is 0 Å². The van der Waals surface area contributed by atoms with Crippen molar-refractivity contribution in [2.45, 2.75) is 33.9 Å². The van der Waals surface area contributed by atoms with E-state index < -0.39 is 26.0 Å². The van der Waals surface area contributed by atoms with Crippen LogP contribution in [0, 0.1) is 31.8 Å². The molecular weight excluding hydrogens is 1000 g/mol. The average molecular weight is 1060 g/mol. The van der Waals surface area contributed by atoms with E-state index in [9.17, 15) is 2.74 Å². The molecular formula is C60H45N4O2Pt-3. The number of para-hydroxylation sites is 5. The van der Waals surface area contributed by atoms with Gasteiger partial charge >= 0.3 is 0 Å². The molecule has 330 valence electrons. The summed E-state index contributed by atoms with van der Waals surface area (Å²) in [6.07, 6.45) is 1.77. The number of nitrogens with zero attached hydrogens (tertiary/aromatic N) is 4. The van der Waals surface area contributed by atoms with Crippen LogP contribution >= 0.6 is 0 Å². The molecule has 1 aliphatic rings. The summed E-state index contributed by atoms with van der Waals surface area (Å²) >= 11 is 0. The van der Waals surface area contributed by atoms with Crippen molar-refractivity contribution in [3.8, 4) is 22.5 Å². The number of rotatable bonds is 3. The quantitative estimate of drug-likeness (QED) is 0.166. The van der Waals surface area contributed by atoms with E-state index in [-0.39, 0.29) is 43.4 Å². The minimum Gasteiger partial charge on any atom is -0.510 e. The van der Waals surface area contributed by atoms with Crippen molar-refractivity contribution < 1.29 is 40.9 Å². The molecule has 13 aromatic rings. The van der Waals surface area contributed by atoms with Crippen molar-refractivity contribution in [3.05, 3.63) is 211 Å². The number of hydrogen-bond donors (Lipinski definition) is 0. The molecule has 6 heterocycles. The Morgan fingerprint density at radius 3 is 2.21 bits per heavy atom. The maximum absolute atomic E-state index is 9.60. The van der Waals surface area contributed by atoms with Gasteiger partial charge in [0.1, 0.15) is 16.8 Å². The predicted molar refractivity (Wildman–Crippen MR) is 272 cm³/mol. The predicted octanol–water partition coefficient (Wildman–Crippen LogP) is 15.8. The Bertz CT molecular complexity index is 4370. The molecule has 14 rings (SSSR count). The Morgan fingerprint density at radius 1 is 0.642 bits per heavy atom. The summed E-state index contributed by atoms with van der Waals surface area (Å²) in [4.78, 5) is 5.07. The van der Waals surface area contributed by atoms with Gasteiger partial charge in [-0.05, 0) is 105 Å². The van der Waals surface area contributed by atoms with Crippen molar-refractivity contribution in [3.63, 3.8) is 0 Å². The Labute approximate surface area is 413 Å². The number of aromatic nitrogens is 4. The number of aryl methyl sites for hydroxylation is 2. The third kappa shape index (κ3) is 7.33. The van der Waals surface area contributed by atoms with Gasteiger partial charge in [0, 0.05) is 72.0 Å². The van der Waals surface area contributed by atoms with E-state index >= 15 is 0 Å². The first-order valence-corrected chi connectivity index (χ1v) is 21.9. The topological polar surface area (TPSA) is 53.4 Å². The Balaban J connectivity index is 0.00000602. The maximum atomic E-state index is 9.60. The number of fused-ring (bicyclic) bond motifs is 5. The van der Waals surface area contributed by atoms with Gasteiger partial charge in [-0.1, -0.05) is 141 Å². The number of pyridine rings is 1. The van der Waals surface area contributed by atoms with Gasteiger partial charge in [0.2, 0.25) is 0 Å². The van der Waals surface area contributed by atoms with E-state index in [0.717, 1.165) is 38.4 Å². The third-order valence-electron chi connectivity index (χ3n) is 12.2. The van der Waals surface area contributed by atoms with Crippen molar-refractivity contribution >= 4 is 82.4 Å². The molecule has 8 aromatic carbocycles. The van der Waals surface area contributed by atoms with Crippen LogP contribution < -0.4 is 0 Å². The van der Waals surface area contributed by atoms with Crippen molar-refractivity contribution in [1.82, 2.24) is 18.5 Å². The molecule has 67 heavy (non-hydrogen) atoms. The SMILES string of the molecule is [2H]C([2H])([2H])c1ccccc1-c1cccc2c3ccc(cc3)oc3ccccc3c3cnc(cc3C([2H])([2H])C(C)C)n3c4[c-]c(ccc4c4ccccc43)oc3[c-]c(ccc3C([2H])([2H])[2H])n3[cH-]n(c12)-c1ccccc1-3.[Pt]. The number of hydrogen-bond acceptors (Lipinski definition) is 3. The van der Waals surface area contributed by atoms with E-state index in [1.807, 2.05) is 167 Å². The Morgan fingerprint density at radius 2 is 1.37 bits per heavy atom. The van der Waals surface area contributed by atoms with Crippen LogP contribution in [0.3, 0.4) is 0 Å². The fourth-order valence-corrected chi connectivity index (χ4v) is 9.24. The van der Waals surface area contributed by atoms with Crippen LogP contribution in [0.1, 0.15) is 41.5 Å². The van der Waals surface area contributed by atoms with Crippen molar-refractivity contribution in [2.24, 2.45) is 5.92 Å². The maximum Gasteiger partial charge on any atom is 0.135 e. The van der Waals surface area contributed by atoms with Gasteiger partial charge in [0.25, 0.3) is 0 Å². The first-order valence-electron chi connectivity index (χ1n) is 25.9. The normalized spacial score (nSPS) is 14.0. The molecule has 0 atom stereocenters. The molecule has 0 aliphatic carbocycles. The second-order valence-electron chi connectivity index (χ2n) is 16.7. The fraction of sp³-hybridized carbons (Fsp3) is 0.100. The van der Waals surface area contributed by atoms with Crippen LogP contribution in [0.4, 0.5) is 0 Å². The smallest absolute Gasteiger partial charge is 0.135 e. The standard InChI is InChI=1S/C60H45N4O2.Pt/c1-38(2)32-42-33-59-61-36-52(42)50-17-8-12-23-57(50)65-44-28-25-41(26-29-44)47-18-13-19-51(46-15-6-5-14-39(46)3)60(47)63-37-62(54-21-10-11-22-55(54)63)43-27-24-40(4)58(34-43)66-45-30-31-49-48-16-7-9-20-53(48)64(59)56(49)35-45;/h5-31,33,36-38H,32H2,1-4H3;/q-3;/i3D3,4D3,32D2;. The van der Waals surface area contributed by atoms with E-state index in [1.165, 1.54) is 6.07 Å². The molecule has 1 aliphatic heterocycles. The first kappa shape index (κ1) is 33.9. The van der Waals surface area contributed by atoms with Gasteiger partial charge in [-0.2, -0.15) is 24.3 Å². The minimum atomic E-state index is -2.59. The average Bonchev–Trinajstić information content (AvgIpc) is 3.96. The molecule has 7 heteroatoms. The van der Waals surface area contributed by atoms with E-state index in [4.69, 9.17) is 22.0 Å². The zero-order chi connectivity index (χ0) is 51.3. The number of imidazole rings is 1. The van der Waals surface area contributed by atoms with Gasteiger partial charge in [0.05, 0.1) is 0 Å². The second-order valence-corrected chi connectivity index (χ2v) is 16.7. The molecule has 0 amide bonds. The van der Waals surface area contributed by atoms with Crippen molar-refractivity contribution in [2.75, 3.05) is 0 Å². The first-order chi connectivity index (χ1) is 35.5. The Kier molecular flexibility index (Phi) is 8.61. The van der Waals surface area contributed by atoms with Gasteiger partial charge < -0.3 is 22.4 Å². The summed E-state index contributed by atoms with van der Waals surface area (Å²) in [6.45, 7) is -1.31. The molecule has 0 unspecified atom stereocenters. The molecule has 0 radical (unpaired) electrons. The summed E-state index contributed by atoms with van der Waals surface area (Å²) in [5, 5.41) is 4.55. The van der Waals surface area contributed by atoms with E-state index in [2.05, 4.69) is 12.1 Å². The number of benzene rings is 8. The van der Waals surface area contributed by atoms with Gasteiger partial charge in [0.15, 0.2) is 0 Å². The third-order valence-corrected chi connectivity index (χ3v) is 12.2. The monoisotopic (exact) mass is 1060 g/mol. The van der Waals surface area contributed by atoms with E-state index in [1.54, 1.807) is 36.5 Å². The summed E-state index contributed by atoms with van der Waals surface area (Å²) in [5.74, 6) is -0.438. The zero-order valence-corrected chi connectivity index (χ0v) is 38.6. The second kappa shape index (κ2) is 17.0. The summed E-state index contributed by atoms with van der Waals surface area (Å²) < 4.78 is 90.2. The fourth-order valence-electron chi connectivity index (χ4n) is 9.24. The van der Waals surface area contributed by atoms with Crippen LogP contribution in [-0.2, 0) is 27.4 Å². The molecule has 6 nitrogen and oxygen atoms in total. The molecule has 0 saturated heterocycles. The van der Waals surface area contributed by atoms with Crippen LogP contribution in [-0.4, -0.2) is 18.5 Å². The summed E-state index contributed by atoms with van der Waals surface area (Å²) in [6, 6.07) is 59.3. The van der Waals surface area contributed by atoms with Crippen molar-refractivity contribution in [1.29, 1.82) is 0 Å². The summed E-state index contributed by atoms with van der Waals surface area (Å²) in [7, 11) is 0.